The van der Waals surface area contributed by atoms with Gasteiger partial charge in [-0.15, -0.1) is 0 Å². The third kappa shape index (κ3) is 6.69. The molecule has 0 bridgehead atoms. The smallest absolute Gasteiger partial charge is 0.331 e. The summed E-state index contributed by atoms with van der Waals surface area (Å²) in [6.07, 6.45) is 1.79. The molecule has 29 heavy (non-hydrogen) atoms. The van der Waals surface area contributed by atoms with Gasteiger partial charge in [0.05, 0.1) is 24.3 Å². The molecule has 2 rings (SSSR count). The molecule has 0 radical (unpaired) electrons. The second-order valence-corrected chi connectivity index (χ2v) is 6.81. The molecular weight excluding hydrogens is 417 g/mol. The van der Waals surface area contributed by atoms with Gasteiger partial charge in [0.15, 0.2) is 17.6 Å². The third-order valence-electron chi connectivity index (χ3n) is 3.93. The van der Waals surface area contributed by atoms with Crippen LogP contribution in [0.1, 0.15) is 18.1 Å². The maximum absolute atomic E-state index is 12.2. The van der Waals surface area contributed by atoms with Gasteiger partial charge in [-0.3, -0.25) is 4.79 Å². The number of esters is 1. The largest absolute Gasteiger partial charge is 0.493 e. The lowest BCUT2D eigenvalue weighted by molar-refractivity contribution is -0.150. The zero-order chi connectivity index (χ0) is 21.4. The lowest BCUT2D eigenvalue weighted by Gasteiger charge is -2.13. The number of methoxy groups -OCH3 is 2. The number of amides is 1. The number of ether oxygens (including phenoxy) is 3. The predicted molar refractivity (Wildman–Crippen MR) is 112 cm³/mol. The van der Waals surface area contributed by atoms with Crippen molar-refractivity contribution >= 4 is 41.2 Å². The minimum Gasteiger partial charge on any atom is -0.493 e. The zero-order valence-corrected chi connectivity index (χ0v) is 17.7. The number of carbonyl (C=O) groups excluding carboxylic acids is 2. The van der Waals surface area contributed by atoms with Crippen molar-refractivity contribution in [3.8, 4) is 11.5 Å². The van der Waals surface area contributed by atoms with Crippen LogP contribution >= 0.6 is 23.2 Å². The van der Waals surface area contributed by atoms with Crippen LogP contribution in [-0.2, 0) is 20.9 Å². The van der Waals surface area contributed by atoms with Gasteiger partial charge >= 0.3 is 5.97 Å². The summed E-state index contributed by atoms with van der Waals surface area (Å²) in [5.41, 5.74) is 1.50. The van der Waals surface area contributed by atoms with Gasteiger partial charge in [-0.25, -0.2) is 4.79 Å². The van der Waals surface area contributed by atoms with Gasteiger partial charge in [0, 0.05) is 12.6 Å². The van der Waals surface area contributed by atoms with Crippen LogP contribution in [0.5, 0.6) is 11.5 Å². The molecule has 1 amide bonds. The summed E-state index contributed by atoms with van der Waals surface area (Å²) in [5, 5.41) is 3.51. The van der Waals surface area contributed by atoms with E-state index in [1.807, 2.05) is 0 Å². The number of hydrogen-bond donors (Lipinski definition) is 1. The summed E-state index contributed by atoms with van der Waals surface area (Å²) < 4.78 is 15.5. The van der Waals surface area contributed by atoms with Crippen LogP contribution in [0.15, 0.2) is 42.5 Å². The minimum absolute atomic E-state index is 0.250. The highest BCUT2D eigenvalue weighted by atomic mass is 35.5. The molecule has 8 heteroatoms. The molecule has 0 aliphatic carbocycles. The Kier molecular flexibility index (Phi) is 8.36. The second kappa shape index (κ2) is 10.7. The van der Waals surface area contributed by atoms with Gasteiger partial charge in [0.2, 0.25) is 0 Å². The Morgan fingerprint density at radius 1 is 1.03 bits per heavy atom. The van der Waals surface area contributed by atoms with Gasteiger partial charge in [0.25, 0.3) is 5.91 Å². The minimum atomic E-state index is -0.957. The topological polar surface area (TPSA) is 73.9 Å². The fourth-order valence-electron chi connectivity index (χ4n) is 2.37. The molecule has 0 aliphatic heterocycles. The van der Waals surface area contributed by atoms with E-state index in [1.54, 1.807) is 43.5 Å². The molecule has 1 unspecified atom stereocenters. The number of rotatable bonds is 8. The van der Waals surface area contributed by atoms with Crippen molar-refractivity contribution in [1.29, 1.82) is 0 Å². The first-order valence-corrected chi connectivity index (χ1v) is 9.42. The molecule has 0 spiro atoms. The van der Waals surface area contributed by atoms with Crippen LogP contribution in [0, 0.1) is 0 Å². The number of benzene rings is 2. The van der Waals surface area contributed by atoms with Crippen LogP contribution in [0.2, 0.25) is 10.0 Å². The molecule has 1 atom stereocenters. The standard InChI is InChI=1S/C21H21Cl2NO5/c1-13(29-20(25)9-6-14-4-7-16(22)17(23)10-14)21(26)24-12-15-5-8-18(27-2)19(11-15)28-3/h4-11,13H,12H2,1-3H3,(H,24,26)/b9-6+. The van der Waals surface area contributed by atoms with Crippen molar-refractivity contribution in [2.24, 2.45) is 0 Å². The number of carbonyl (C=O) groups is 2. The van der Waals surface area contributed by atoms with Gasteiger partial charge in [-0.1, -0.05) is 35.3 Å². The maximum atomic E-state index is 12.2. The summed E-state index contributed by atoms with van der Waals surface area (Å²) in [7, 11) is 3.08. The zero-order valence-electron chi connectivity index (χ0n) is 16.2. The Balaban J connectivity index is 1.87. The van der Waals surface area contributed by atoms with E-state index < -0.39 is 18.0 Å². The first-order valence-electron chi connectivity index (χ1n) is 8.66. The molecule has 0 saturated heterocycles. The molecule has 2 aromatic rings. The molecule has 0 saturated carbocycles. The monoisotopic (exact) mass is 437 g/mol. The van der Waals surface area contributed by atoms with Crippen molar-refractivity contribution in [3.63, 3.8) is 0 Å². The average molecular weight is 438 g/mol. The number of nitrogens with one attached hydrogen (secondary N) is 1. The maximum Gasteiger partial charge on any atom is 0.331 e. The summed E-state index contributed by atoms with van der Waals surface area (Å²) in [6.45, 7) is 1.75. The molecule has 0 aromatic heterocycles. The average Bonchev–Trinajstić information content (AvgIpc) is 2.72. The Morgan fingerprint density at radius 2 is 1.76 bits per heavy atom. The Hall–Kier alpha value is -2.70. The van der Waals surface area contributed by atoms with Crippen LogP contribution in [-0.4, -0.2) is 32.2 Å². The van der Waals surface area contributed by atoms with Crippen LogP contribution in [0.3, 0.4) is 0 Å². The molecule has 1 N–H and O–H groups in total. The van der Waals surface area contributed by atoms with Crippen molar-refractivity contribution in [3.05, 3.63) is 63.6 Å². The molecule has 2 aromatic carbocycles. The molecular formula is C21H21Cl2NO5. The molecule has 6 nitrogen and oxygen atoms in total. The first kappa shape index (κ1) is 22.6. The highest BCUT2D eigenvalue weighted by molar-refractivity contribution is 6.42. The van der Waals surface area contributed by atoms with E-state index in [9.17, 15) is 9.59 Å². The van der Waals surface area contributed by atoms with Gasteiger partial charge in [-0.05, 0) is 48.4 Å². The predicted octanol–water partition coefficient (Wildman–Crippen LogP) is 4.27. The van der Waals surface area contributed by atoms with E-state index in [1.165, 1.54) is 26.2 Å². The van der Waals surface area contributed by atoms with Crippen LogP contribution < -0.4 is 14.8 Å². The van der Waals surface area contributed by atoms with E-state index in [0.29, 0.717) is 27.1 Å². The van der Waals surface area contributed by atoms with Crippen molar-refractivity contribution in [1.82, 2.24) is 5.32 Å². The van der Waals surface area contributed by atoms with E-state index in [-0.39, 0.29) is 6.54 Å². The first-order chi connectivity index (χ1) is 13.8. The van der Waals surface area contributed by atoms with E-state index in [4.69, 9.17) is 37.4 Å². The third-order valence-corrected chi connectivity index (χ3v) is 4.67. The SMILES string of the molecule is COc1ccc(CNC(=O)C(C)OC(=O)/C=C/c2ccc(Cl)c(Cl)c2)cc1OC. The van der Waals surface area contributed by atoms with Crippen molar-refractivity contribution < 1.29 is 23.8 Å². The normalized spacial score (nSPS) is 11.8. The summed E-state index contributed by atoms with van der Waals surface area (Å²) >= 11 is 11.8. The summed E-state index contributed by atoms with van der Waals surface area (Å²) in [6, 6.07) is 10.3. The Labute approximate surface area is 179 Å². The van der Waals surface area contributed by atoms with E-state index in [2.05, 4.69) is 5.32 Å². The van der Waals surface area contributed by atoms with Gasteiger partial charge in [-0.2, -0.15) is 0 Å². The van der Waals surface area contributed by atoms with Crippen LogP contribution in [0.4, 0.5) is 0 Å². The van der Waals surface area contributed by atoms with E-state index >= 15 is 0 Å². The molecule has 0 heterocycles. The van der Waals surface area contributed by atoms with Crippen molar-refractivity contribution in [2.45, 2.75) is 19.6 Å². The van der Waals surface area contributed by atoms with Crippen molar-refractivity contribution in [2.75, 3.05) is 14.2 Å². The fraction of sp³-hybridized carbons (Fsp3) is 0.238. The summed E-state index contributed by atoms with van der Waals surface area (Å²) in [5.74, 6) is 0.0886. The molecule has 0 aliphatic rings. The number of hydrogen-bond acceptors (Lipinski definition) is 5. The lowest BCUT2D eigenvalue weighted by atomic mass is 10.2. The highest BCUT2D eigenvalue weighted by Crippen LogP contribution is 2.27. The Bertz CT molecular complexity index is 914. The lowest BCUT2D eigenvalue weighted by Crippen LogP contribution is -2.35. The fourth-order valence-corrected chi connectivity index (χ4v) is 2.68. The van der Waals surface area contributed by atoms with Crippen LogP contribution in [0.25, 0.3) is 6.08 Å². The number of halogens is 2. The Morgan fingerprint density at radius 3 is 2.41 bits per heavy atom. The highest BCUT2D eigenvalue weighted by Gasteiger charge is 2.16. The van der Waals surface area contributed by atoms with E-state index in [0.717, 1.165) is 5.56 Å². The quantitative estimate of drug-likeness (QED) is 0.492. The second-order valence-electron chi connectivity index (χ2n) is 5.99. The molecule has 0 fully saturated rings. The van der Waals surface area contributed by atoms with Gasteiger partial charge in [0.1, 0.15) is 0 Å². The molecule has 154 valence electrons. The van der Waals surface area contributed by atoms with Gasteiger partial charge < -0.3 is 19.5 Å². The summed E-state index contributed by atoms with van der Waals surface area (Å²) in [4.78, 5) is 24.1.